The van der Waals surface area contributed by atoms with Crippen molar-refractivity contribution in [2.45, 2.75) is 25.3 Å². The Morgan fingerprint density at radius 2 is 2.18 bits per heavy atom. The van der Waals surface area contributed by atoms with Crippen LogP contribution < -0.4 is 4.72 Å². The molecular formula is C6H10N2O2S. The second-order valence-electron chi connectivity index (χ2n) is 2.70. The number of nitriles is 1. The molecule has 1 aliphatic rings. The highest BCUT2D eigenvalue weighted by molar-refractivity contribution is 7.89. The third-order valence-electron chi connectivity index (χ3n) is 1.69. The van der Waals surface area contributed by atoms with E-state index in [1.165, 1.54) is 0 Å². The number of rotatable bonds is 3. The van der Waals surface area contributed by atoms with Crippen LogP contribution in [-0.4, -0.2) is 19.7 Å². The van der Waals surface area contributed by atoms with Gasteiger partial charge in [0.25, 0.3) is 0 Å². The van der Waals surface area contributed by atoms with E-state index >= 15 is 0 Å². The molecule has 0 spiro atoms. The van der Waals surface area contributed by atoms with Gasteiger partial charge in [0.05, 0.1) is 11.8 Å². The lowest BCUT2D eigenvalue weighted by Gasteiger charge is -2.06. The Hall–Kier alpha value is -0.600. The molecule has 0 aromatic heterocycles. The van der Waals surface area contributed by atoms with Crippen molar-refractivity contribution in [3.63, 3.8) is 0 Å². The Morgan fingerprint density at radius 1 is 1.64 bits per heavy atom. The zero-order chi connectivity index (χ0) is 8.54. The maximum atomic E-state index is 11.0. The van der Waals surface area contributed by atoms with Gasteiger partial charge >= 0.3 is 0 Å². The van der Waals surface area contributed by atoms with Crippen LogP contribution in [0.5, 0.6) is 0 Å². The predicted octanol–water partition coefficient (Wildman–Crippen LogP) is -0.0181. The first-order valence-electron chi connectivity index (χ1n) is 3.46. The number of nitrogens with one attached hydrogen (secondary N) is 1. The summed E-state index contributed by atoms with van der Waals surface area (Å²) < 4.78 is 24.3. The lowest BCUT2D eigenvalue weighted by atomic mass is 10.3. The van der Waals surface area contributed by atoms with E-state index in [0.29, 0.717) is 12.8 Å². The number of hydrogen-bond donors (Lipinski definition) is 1. The molecule has 0 atom stereocenters. The minimum absolute atomic E-state index is 0.0381. The zero-order valence-electron chi connectivity index (χ0n) is 6.29. The fourth-order valence-electron chi connectivity index (χ4n) is 0.732. The van der Waals surface area contributed by atoms with Crippen LogP contribution in [0.25, 0.3) is 0 Å². The van der Waals surface area contributed by atoms with Gasteiger partial charge in [-0.15, -0.1) is 0 Å². The molecule has 62 valence electrons. The van der Waals surface area contributed by atoms with Crippen LogP contribution in [0.15, 0.2) is 0 Å². The van der Waals surface area contributed by atoms with Gasteiger partial charge in [-0.1, -0.05) is 0 Å². The summed E-state index contributed by atoms with van der Waals surface area (Å²) in [6.07, 6.45) is 1.28. The standard InChI is InChI=1S/C6H10N2O2S/c1-2-11(9,10)8-6(5-7)3-4-6/h8H,2-4H2,1H3. The molecule has 1 fully saturated rings. The molecule has 0 aromatic carbocycles. The van der Waals surface area contributed by atoms with Crippen LogP contribution in [0.1, 0.15) is 19.8 Å². The third-order valence-corrected chi connectivity index (χ3v) is 3.16. The van der Waals surface area contributed by atoms with Gasteiger partial charge < -0.3 is 0 Å². The van der Waals surface area contributed by atoms with E-state index in [-0.39, 0.29) is 5.75 Å². The summed E-state index contributed by atoms with van der Waals surface area (Å²) in [6, 6.07) is 1.95. The summed E-state index contributed by atoms with van der Waals surface area (Å²) in [5, 5.41) is 8.54. The van der Waals surface area contributed by atoms with E-state index in [4.69, 9.17) is 5.26 Å². The fraction of sp³-hybridized carbons (Fsp3) is 0.833. The molecule has 0 radical (unpaired) electrons. The number of sulfonamides is 1. The van der Waals surface area contributed by atoms with Crippen LogP contribution in [0.2, 0.25) is 0 Å². The Kier molecular flexibility index (Phi) is 1.90. The third kappa shape index (κ3) is 1.91. The monoisotopic (exact) mass is 174 g/mol. The number of hydrogen-bond acceptors (Lipinski definition) is 3. The first-order chi connectivity index (χ1) is 5.04. The first-order valence-corrected chi connectivity index (χ1v) is 5.12. The van der Waals surface area contributed by atoms with Crippen LogP contribution in [0.4, 0.5) is 0 Å². The average Bonchev–Trinajstić information content (AvgIpc) is 2.69. The summed E-state index contributed by atoms with van der Waals surface area (Å²) in [4.78, 5) is 0. The molecule has 0 unspecified atom stereocenters. The summed E-state index contributed by atoms with van der Waals surface area (Å²) in [5.41, 5.74) is -0.755. The maximum Gasteiger partial charge on any atom is 0.212 e. The van der Waals surface area contributed by atoms with Crippen molar-refractivity contribution in [3.05, 3.63) is 0 Å². The molecule has 0 amide bonds. The number of nitrogens with zero attached hydrogens (tertiary/aromatic N) is 1. The van der Waals surface area contributed by atoms with E-state index in [2.05, 4.69) is 4.72 Å². The lowest BCUT2D eigenvalue weighted by Crippen LogP contribution is -2.36. The summed E-state index contributed by atoms with van der Waals surface area (Å²) in [7, 11) is -3.20. The minimum Gasteiger partial charge on any atom is -0.212 e. The molecule has 4 nitrogen and oxygen atoms in total. The van der Waals surface area contributed by atoms with Crippen molar-refractivity contribution < 1.29 is 8.42 Å². The molecule has 5 heteroatoms. The van der Waals surface area contributed by atoms with Crippen molar-refractivity contribution in [2.24, 2.45) is 0 Å². The second-order valence-corrected chi connectivity index (χ2v) is 4.71. The van der Waals surface area contributed by atoms with Crippen molar-refractivity contribution in [1.82, 2.24) is 4.72 Å². The summed E-state index contributed by atoms with van der Waals surface area (Å²) in [5.74, 6) is 0.0381. The Morgan fingerprint density at radius 3 is 2.45 bits per heavy atom. The summed E-state index contributed by atoms with van der Waals surface area (Å²) in [6.45, 7) is 1.55. The van der Waals surface area contributed by atoms with E-state index in [1.54, 1.807) is 6.92 Å². The highest BCUT2D eigenvalue weighted by atomic mass is 32.2. The molecular weight excluding hydrogens is 164 g/mol. The quantitative estimate of drug-likeness (QED) is 0.653. The normalized spacial score (nSPS) is 20.7. The molecule has 1 rings (SSSR count). The van der Waals surface area contributed by atoms with Crippen molar-refractivity contribution in [3.8, 4) is 6.07 Å². The molecule has 0 aliphatic heterocycles. The van der Waals surface area contributed by atoms with Gasteiger partial charge in [-0.2, -0.15) is 9.98 Å². The zero-order valence-corrected chi connectivity index (χ0v) is 7.11. The summed E-state index contributed by atoms with van der Waals surface area (Å²) >= 11 is 0. The Balaban J connectivity index is 2.64. The SMILES string of the molecule is CCS(=O)(=O)NC1(C#N)CC1. The van der Waals surface area contributed by atoms with Crippen LogP contribution in [0, 0.1) is 11.3 Å². The largest absolute Gasteiger partial charge is 0.212 e. The van der Waals surface area contributed by atoms with E-state index in [0.717, 1.165) is 0 Å². The Labute approximate surface area is 66.3 Å². The van der Waals surface area contributed by atoms with Gasteiger partial charge in [-0.25, -0.2) is 8.42 Å². The maximum absolute atomic E-state index is 11.0. The molecule has 1 aliphatic carbocycles. The Bertz CT molecular complexity index is 284. The minimum atomic E-state index is -3.20. The van der Waals surface area contributed by atoms with Crippen LogP contribution >= 0.6 is 0 Å². The van der Waals surface area contributed by atoms with Gasteiger partial charge in [0, 0.05) is 0 Å². The average molecular weight is 174 g/mol. The molecule has 0 heterocycles. The molecule has 11 heavy (non-hydrogen) atoms. The van der Waals surface area contributed by atoms with Gasteiger partial charge in [0.2, 0.25) is 10.0 Å². The van der Waals surface area contributed by atoms with Gasteiger partial charge in [0.15, 0.2) is 0 Å². The molecule has 0 bridgehead atoms. The predicted molar refractivity (Wildman–Crippen MR) is 40.2 cm³/mol. The van der Waals surface area contributed by atoms with Gasteiger partial charge in [-0.05, 0) is 19.8 Å². The lowest BCUT2D eigenvalue weighted by molar-refractivity contribution is 0.572. The second kappa shape index (κ2) is 2.47. The first kappa shape index (κ1) is 8.50. The smallest absolute Gasteiger partial charge is 0.212 e. The van der Waals surface area contributed by atoms with E-state index in [9.17, 15) is 8.42 Å². The van der Waals surface area contributed by atoms with E-state index < -0.39 is 15.6 Å². The van der Waals surface area contributed by atoms with Crippen molar-refractivity contribution in [2.75, 3.05) is 5.75 Å². The molecule has 1 saturated carbocycles. The van der Waals surface area contributed by atoms with E-state index in [1.807, 2.05) is 6.07 Å². The highest BCUT2D eigenvalue weighted by Crippen LogP contribution is 2.34. The fourth-order valence-corrected chi connectivity index (χ4v) is 1.72. The van der Waals surface area contributed by atoms with Crippen molar-refractivity contribution >= 4 is 10.0 Å². The van der Waals surface area contributed by atoms with Gasteiger partial charge in [-0.3, -0.25) is 0 Å². The topological polar surface area (TPSA) is 70.0 Å². The van der Waals surface area contributed by atoms with Crippen molar-refractivity contribution in [1.29, 1.82) is 5.26 Å². The van der Waals surface area contributed by atoms with Crippen LogP contribution in [0.3, 0.4) is 0 Å². The highest BCUT2D eigenvalue weighted by Gasteiger charge is 2.45. The van der Waals surface area contributed by atoms with Gasteiger partial charge in [0.1, 0.15) is 5.54 Å². The molecule has 0 saturated heterocycles. The molecule has 0 aromatic rings. The molecule has 1 N–H and O–H groups in total. The van der Waals surface area contributed by atoms with Crippen LogP contribution in [-0.2, 0) is 10.0 Å².